The minimum absolute atomic E-state index is 0.0229. The number of hydrogen-bond acceptors (Lipinski definition) is 5. The Balaban J connectivity index is 1.52. The molecule has 4 rings (SSSR count). The zero-order valence-electron chi connectivity index (χ0n) is 18.2. The molecular formula is C26H23N3O4. The Hall–Kier alpha value is -4.44. The maximum Gasteiger partial charge on any atom is 0.262 e. The Labute approximate surface area is 191 Å². The van der Waals surface area contributed by atoms with E-state index in [2.05, 4.69) is 5.32 Å². The van der Waals surface area contributed by atoms with Crippen molar-refractivity contribution in [3.8, 4) is 17.6 Å². The van der Waals surface area contributed by atoms with Gasteiger partial charge in [0.15, 0.2) is 11.5 Å². The standard InChI is InChI=1S/C26H23N3O4/c1-31-24-10-4-5-11-25(24)33-14-12-29-18-20(22-8-2-3-9-23(22)29)15-19(16-27)26(30)28-17-21-7-6-13-32-21/h2-11,13,15,18H,12,14,17H2,1H3,(H,28,30). The van der Waals surface area contributed by atoms with Crippen LogP contribution in [0.3, 0.4) is 0 Å². The van der Waals surface area contributed by atoms with Crippen molar-refractivity contribution in [2.75, 3.05) is 13.7 Å². The number of ether oxygens (including phenoxy) is 2. The Morgan fingerprint density at radius 3 is 2.67 bits per heavy atom. The van der Waals surface area contributed by atoms with E-state index in [-0.39, 0.29) is 12.1 Å². The molecule has 7 nitrogen and oxygen atoms in total. The zero-order valence-corrected chi connectivity index (χ0v) is 18.2. The number of nitriles is 1. The van der Waals surface area contributed by atoms with Gasteiger partial charge in [-0.3, -0.25) is 4.79 Å². The van der Waals surface area contributed by atoms with Crippen LogP contribution in [0.2, 0.25) is 0 Å². The van der Waals surface area contributed by atoms with Crippen molar-refractivity contribution in [2.45, 2.75) is 13.1 Å². The van der Waals surface area contributed by atoms with Gasteiger partial charge in [-0.05, 0) is 36.4 Å². The highest BCUT2D eigenvalue weighted by Gasteiger charge is 2.13. The molecule has 0 spiro atoms. The maximum atomic E-state index is 12.5. The van der Waals surface area contributed by atoms with Gasteiger partial charge in [-0.25, -0.2) is 0 Å². The third-order valence-corrected chi connectivity index (χ3v) is 5.15. The number of amides is 1. The quantitative estimate of drug-likeness (QED) is 0.304. The first kappa shape index (κ1) is 21.8. The lowest BCUT2D eigenvalue weighted by Gasteiger charge is -2.11. The number of furan rings is 1. The van der Waals surface area contributed by atoms with Gasteiger partial charge >= 0.3 is 0 Å². The summed E-state index contributed by atoms with van der Waals surface area (Å²) >= 11 is 0. The van der Waals surface area contributed by atoms with Crippen LogP contribution in [0, 0.1) is 11.3 Å². The first-order valence-corrected chi connectivity index (χ1v) is 10.5. The number of methoxy groups -OCH3 is 1. The van der Waals surface area contributed by atoms with Crippen LogP contribution in [-0.2, 0) is 17.9 Å². The second-order valence-corrected chi connectivity index (χ2v) is 7.23. The summed E-state index contributed by atoms with van der Waals surface area (Å²) in [5, 5.41) is 13.2. The lowest BCUT2D eigenvalue weighted by molar-refractivity contribution is -0.117. The molecule has 0 aliphatic carbocycles. The molecule has 1 amide bonds. The van der Waals surface area contributed by atoms with E-state index in [1.165, 1.54) is 6.26 Å². The van der Waals surface area contributed by atoms with E-state index in [9.17, 15) is 10.1 Å². The third kappa shape index (κ3) is 5.08. The molecule has 0 saturated heterocycles. The highest BCUT2D eigenvalue weighted by Crippen LogP contribution is 2.27. The number of para-hydroxylation sites is 3. The van der Waals surface area contributed by atoms with Gasteiger partial charge in [-0.15, -0.1) is 0 Å². The summed E-state index contributed by atoms with van der Waals surface area (Å²) in [4.78, 5) is 12.5. The van der Waals surface area contributed by atoms with Crippen molar-refractivity contribution in [3.05, 3.63) is 90.0 Å². The molecular weight excluding hydrogens is 418 g/mol. The van der Waals surface area contributed by atoms with Crippen molar-refractivity contribution < 1.29 is 18.7 Å². The first-order chi connectivity index (χ1) is 16.2. The van der Waals surface area contributed by atoms with Crippen molar-refractivity contribution in [2.24, 2.45) is 0 Å². The van der Waals surface area contributed by atoms with Gasteiger partial charge < -0.3 is 23.8 Å². The molecule has 0 aliphatic heterocycles. The summed E-state index contributed by atoms with van der Waals surface area (Å²) < 4.78 is 18.5. The third-order valence-electron chi connectivity index (χ3n) is 5.15. The van der Waals surface area contributed by atoms with Gasteiger partial charge in [0.05, 0.1) is 26.5 Å². The van der Waals surface area contributed by atoms with Gasteiger partial charge in [0.1, 0.15) is 24.0 Å². The summed E-state index contributed by atoms with van der Waals surface area (Å²) in [6.45, 7) is 1.23. The molecule has 2 aromatic carbocycles. The Kier molecular flexibility index (Phi) is 6.76. The molecule has 4 aromatic rings. The number of carbonyl (C=O) groups is 1. The van der Waals surface area contributed by atoms with Gasteiger partial charge in [-0.2, -0.15) is 5.26 Å². The van der Waals surface area contributed by atoms with Crippen LogP contribution in [-0.4, -0.2) is 24.2 Å². The van der Waals surface area contributed by atoms with Crippen molar-refractivity contribution >= 4 is 22.9 Å². The van der Waals surface area contributed by atoms with Gasteiger partial charge in [0, 0.05) is 22.7 Å². The average Bonchev–Trinajstić information content (AvgIpc) is 3.50. The second kappa shape index (κ2) is 10.2. The second-order valence-electron chi connectivity index (χ2n) is 7.23. The van der Waals surface area contributed by atoms with Crippen LogP contribution < -0.4 is 14.8 Å². The SMILES string of the molecule is COc1ccccc1OCCn1cc(C=C(C#N)C(=O)NCc2ccco2)c2ccccc21. The molecule has 0 fully saturated rings. The molecule has 2 aromatic heterocycles. The average molecular weight is 441 g/mol. The summed E-state index contributed by atoms with van der Waals surface area (Å²) in [7, 11) is 1.61. The Bertz CT molecular complexity index is 1310. The molecule has 0 unspecified atom stereocenters. The molecule has 0 bridgehead atoms. The highest BCUT2D eigenvalue weighted by atomic mass is 16.5. The monoisotopic (exact) mass is 441 g/mol. The fourth-order valence-corrected chi connectivity index (χ4v) is 3.55. The fraction of sp³-hybridized carbons (Fsp3) is 0.154. The van der Waals surface area contributed by atoms with E-state index < -0.39 is 5.91 Å². The molecule has 166 valence electrons. The normalized spacial score (nSPS) is 11.2. The molecule has 0 aliphatic rings. The van der Waals surface area contributed by atoms with Crippen LogP contribution in [0.15, 0.2) is 83.1 Å². The summed E-state index contributed by atoms with van der Waals surface area (Å²) in [5.74, 6) is 1.52. The van der Waals surface area contributed by atoms with E-state index in [1.54, 1.807) is 25.3 Å². The predicted octanol–water partition coefficient (Wildman–Crippen LogP) is 4.55. The van der Waals surface area contributed by atoms with Crippen LogP contribution in [0.1, 0.15) is 11.3 Å². The van der Waals surface area contributed by atoms with E-state index in [1.807, 2.05) is 65.4 Å². The predicted molar refractivity (Wildman–Crippen MR) is 125 cm³/mol. The molecule has 2 heterocycles. The van der Waals surface area contributed by atoms with Crippen LogP contribution in [0.5, 0.6) is 11.5 Å². The lowest BCUT2D eigenvalue weighted by Crippen LogP contribution is -2.23. The van der Waals surface area contributed by atoms with Crippen LogP contribution >= 0.6 is 0 Å². The van der Waals surface area contributed by atoms with Crippen molar-refractivity contribution in [3.63, 3.8) is 0 Å². The minimum Gasteiger partial charge on any atom is -0.493 e. The number of aromatic nitrogens is 1. The van der Waals surface area contributed by atoms with E-state index in [4.69, 9.17) is 13.9 Å². The molecule has 0 saturated carbocycles. The summed E-state index contributed by atoms with van der Waals surface area (Å²) in [5.41, 5.74) is 1.79. The molecule has 0 radical (unpaired) electrons. The smallest absolute Gasteiger partial charge is 0.262 e. The number of fused-ring (bicyclic) bond motifs is 1. The first-order valence-electron chi connectivity index (χ1n) is 10.5. The maximum absolute atomic E-state index is 12.5. The molecule has 0 atom stereocenters. The van der Waals surface area contributed by atoms with E-state index >= 15 is 0 Å². The highest BCUT2D eigenvalue weighted by molar-refractivity contribution is 6.04. The van der Waals surface area contributed by atoms with Crippen LogP contribution in [0.25, 0.3) is 17.0 Å². The zero-order chi connectivity index (χ0) is 23.0. The van der Waals surface area contributed by atoms with Crippen molar-refractivity contribution in [1.82, 2.24) is 9.88 Å². The summed E-state index contributed by atoms with van der Waals surface area (Å²) in [6.07, 6.45) is 5.07. The van der Waals surface area contributed by atoms with E-state index in [0.29, 0.717) is 30.4 Å². The molecule has 33 heavy (non-hydrogen) atoms. The number of benzene rings is 2. The number of nitrogens with zero attached hydrogens (tertiary/aromatic N) is 2. The number of rotatable bonds is 9. The number of carbonyl (C=O) groups excluding carboxylic acids is 1. The van der Waals surface area contributed by atoms with Crippen molar-refractivity contribution in [1.29, 1.82) is 5.26 Å². The van der Waals surface area contributed by atoms with Crippen LogP contribution in [0.4, 0.5) is 0 Å². The Morgan fingerprint density at radius 1 is 1.12 bits per heavy atom. The topological polar surface area (TPSA) is 89.4 Å². The largest absolute Gasteiger partial charge is 0.493 e. The minimum atomic E-state index is -0.453. The van der Waals surface area contributed by atoms with Gasteiger partial charge in [0.25, 0.3) is 5.91 Å². The van der Waals surface area contributed by atoms with Gasteiger partial charge in [0.2, 0.25) is 0 Å². The molecule has 1 N–H and O–H groups in total. The van der Waals surface area contributed by atoms with E-state index in [0.717, 1.165) is 16.5 Å². The lowest BCUT2D eigenvalue weighted by atomic mass is 10.1. The summed E-state index contributed by atoms with van der Waals surface area (Å²) in [6, 6.07) is 20.9. The fourth-order valence-electron chi connectivity index (χ4n) is 3.55. The Morgan fingerprint density at radius 2 is 1.91 bits per heavy atom. The van der Waals surface area contributed by atoms with Gasteiger partial charge in [-0.1, -0.05) is 30.3 Å². The number of hydrogen-bond donors (Lipinski definition) is 1. The number of nitrogens with one attached hydrogen (secondary N) is 1. The molecule has 7 heteroatoms.